The standard InChI is InChI=1S/C24H25ClN4O/c1-17-13-20(25)8-7-19(17)15-29-23(30)21-16-27(14-18-5-3-2-4-6-18)11-9-22(21)28-12-10-26-24(28)29/h2-8,13H,9-12,14-16H2,1H3. The van der Waals surface area contributed by atoms with Crippen molar-refractivity contribution in [2.75, 3.05) is 26.2 Å². The number of nitrogens with zero attached hydrogens (tertiary/aromatic N) is 4. The van der Waals surface area contributed by atoms with Gasteiger partial charge >= 0.3 is 0 Å². The molecule has 0 radical (unpaired) electrons. The van der Waals surface area contributed by atoms with E-state index in [2.05, 4.69) is 39.1 Å². The number of hydrogen-bond acceptors (Lipinski definition) is 4. The van der Waals surface area contributed by atoms with E-state index in [0.717, 1.165) is 60.3 Å². The number of rotatable bonds is 4. The minimum absolute atomic E-state index is 0.0917. The molecule has 0 N–H and O–H groups in total. The molecule has 0 aliphatic carbocycles. The van der Waals surface area contributed by atoms with E-state index in [1.54, 1.807) is 0 Å². The average molecular weight is 421 g/mol. The molecule has 0 bridgehead atoms. The number of fused-ring (bicyclic) bond motifs is 2. The van der Waals surface area contributed by atoms with E-state index in [4.69, 9.17) is 11.6 Å². The first-order valence-corrected chi connectivity index (χ1v) is 10.8. The van der Waals surface area contributed by atoms with Gasteiger partial charge in [0, 0.05) is 43.3 Å². The van der Waals surface area contributed by atoms with E-state index in [0.29, 0.717) is 13.1 Å². The number of carbonyl (C=O) groups is 1. The zero-order valence-corrected chi connectivity index (χ0v) is 17.9. The van der Waals surface area contributed by atoms with Gasteiger partial charge in [-0.1, -0.05) is 48.0 Å². The van der Waals surface area contributed by atoms with E-state index < -0.39 is 0 Å². The number of hydrogen-bond donors (Lipinski definition) is 0. The Labute approximate surface area is 182 Å². The Morgan fingerprint density at radius 2 is 1.90 bits per heavy atom. The summed E-state index contributed by atoms with van der Waals surface area (Å²) in [6.07, 6.45) is 0.890. The van der Waals surface area contributed by atoms with Crippen LogP contribution in [0, 0.1) is 6.92 Å². The fourth-order valence-electron chi connectivity index (χ4n) is 4.60. The number of aryl methyl sites for hydroxylation is 1. The van der Waals surface area contributed by atoms with Crippen LogP contribution in [0.15, 0.2) is 64.8 Å². The summed E-state index contributed by atoms with van der Waals surface area (Å²) in [5.41, 5.74) is 5.56. The second kappa shape index (κ2) is 7.89. The van der Waals surface area contributed by atoms with Gasteiger partial charge in [0.2, 0.25) is 5.96 Å². The highest BCUT2D eigenvalue weighted by Gasteiger charge is 2.41. The van der Waals surface area contributed by atoms with Crippen LogP contribution in [0.2, 0.25) is 5.02 Å². The normalized spacial score (nSPS) is 19.1. The number of aliphatic imine (C=N–C) groups is 1. The molecule has 30 heavy (non-hydrogen) atoms. The highest BCUT2D eigenvalue weighted by Crippen LogP contribution is 2.32. The van der Waals surface area contributed by atoms with Crippen molar-refractivity contribution in [3.05, 3.63) is 81.5 Å². The maximum Gasteiger partial charge on any atom is 0.259 e. The molecule has 3 aliphatic heterocycles. The lowest BCUT2D eigenvalue weighted by atomic mass is 9.99. The first-order chi connectivity index (χ1) is 14.6. The summed E-state index contributed by atoms with van der Waals surface area (Å²) < 4.78 is 0. The first-order valence-electron chi connectivity index (χ1n) is 10.5. The van der Waals surface area contributed by atoms with E-state index in [9.17, 15) is 4.79 Å². The van der Waals surface area contributed by atoms with Crippen molar-refractivity contribution in [2.24, 2.45) is 4.99 Å². The van der Waals surface area contributed by atoms with Gasteiger partial charge in [0.15, 0.2) is 0 Å². The van der Waals surface area contributed by atoms with Gasteiger partial charge in [-0.25, -0.2) is 0 Å². The SMILES string of the molecule is Cc1cc(Cl)ccc1CN1C(=O)C2=C(CCN(Cc3ccccc3)C2)N2CCN=C12. The van der Waals surface area contributed by atoms with Crippen molar-refractivity contribution in [3.63, 3.8) is 0 Å². The molecule has 5 nitrogen and oxygen atoms in total. The smallest absolute Gasteiger partial charge is 0.259 e. The molecule has 3 heterocycles. The van der Waals surface area contributed by atoms with Crippen molar-refractivity contribution in [2.45, 2.75) is 26.4 Å². The van der Waals surface area contributed by atoms with Gasteiger partial charge in [0.05, 0.1) is 18.7 Å². The number of amides is 1. The molecule has 2 aromatic carbocycles. The summed E-state index contributed by atoms with van der Waals surface area (Å²) in [5, 5.41) is 0.717. The van der Waals surface area contributed by atoms with Gasteiger partial charge in [-0.3, -0.25) is 19.6 Å². The average Bonchev–Trinajstić information content (AvgIpc) is 3.23. The lowest BCUT2D eigenvalue weighted by Gasteiger charge is -2.42. The monoisotopic (exact) mass is 420 g/mol. The Bertz CT molecular complexity index is 1050. The Morgan fingerprint density at radius 3 is 2.70 bits per heavy atom. The molecule has 2 aromatic rings. The molecular weight excluding hydrogens is 396 g/mol. The van der Waals surface area contributed by atoms with E-state index in [1.165, 1.54) is 11.3 Å². The fourth-order valence-corrected chi connectivity index (χ4v) is 4.83. The van der Waals surface area contributed by atoms with Crippen LogP contribution in [-0.2, 0) is 17.9 Å². The molecule has 0 aromatic heterocycles. The summed E-state index contributed by atoms with van der Waals surface area (Å²) in [6, 6.07) is 16.3. The molecule has 0 spiro atoms. The molecule has 0 saturated carbocycles. The maximum absolute atomic E-state index is 13.6. The molecule has 0 unspecified atom stereocenters. The maximum atomic E-state index is 13.6. The van der Waals surface area contributed by atoms with Crippen LogP contribution < -0.4 is 0 Å². The molecule has 6 heteroatoms. The van der Waals surface area contributed by atoms with Crippen LogP contribution in [0.5, 0.6) is 0 Å². The molecular formula is C24H25ClN4O. The minimum Gasteiger partial charge on any atom is -0.314 e. The molecule has 5 rings (SSSR count). The van der Waals surface area contributed by atoms with Crippen LogP contribution in [0.4, 0.5) is 0 Å². The summed E-state index contributed by atoms with van der Waals surface area (Å²) in [7, 11) is 0. The van der Waals surface area contributed by atoms with Crippen molar-refractivity contribution < 1.29 is 4.79 Å². The first kappa shape index (κ1) is 19.3. The third kappa shape index (κ3) is 3.53. The number of halogens is 1. The van der Waals surface area contributed by atoms with Crippen LogP contribution in [0.25, 0.3) is 0 Å². The summed E-state index contributed by atoms with van der Waals surface area (Å²) in [6.45, 7) is 6.66. The third-order valence-corrected chi connectivity index (χ3v) is 6.40. The Hall–Kier alpha value is -2.63. The predicted octanol–water partition coefficient (Wildman–Crippen LogP) is 3.82. The van der Waals surface area contributed by atoms with E-state index in [-0.39, 0.29) is 5.91 Å². The van der Waals surface area contributed by atoms with E-state index >= 15 is 0 Å². The lowest BCUT2D eigenvalue weighted by molar-refractivity contribution is -0.125. The second-order valence-corrected chi connectivity index (χ2v) is 8.60. The molecule has 3 aliphatic rings. The number of benzene rings is 2. The van der Waals surface area contributed by atoms with Crippen LogP contribution >= 0.6 is 11.6 Å². The summed E-state index contributed by atoms with van der Waals surface area (Å²) in [5.74, 6) is 0.902. The van der Waals surface area contributed by atoms with Crippen molar-refractivity contribution in [3.8, 4) is 0 Å². The lowest BCUT2D eigenvalue weighted by Crippen LogP contribution is -2.53. The minimum atomic E-state index is 0.0917. The van der Waals surface area contributed by atoms with Crippen molar-refractivity contribution >= 4 is 23.5 Å². The second-order valence-electron chi connectivity index (χ2n) is 8.17. The van der Waals surface area contributed by atoms with Gasteiger partial charge in [0.25, 0.3) is 5.91 Å². The molecule has 0 atom stereocenters. The quantitative estimate of drug-likeness (QED) is 0.754. The predicted molar refractivity (Wildman–Crippen MR) is 119 cm³/mol. The highest BCUT2D eigenvalue weighted by molar-refractivity contribution is 6.30. The largest absolute Gasteiger partial charge is 0.314 e. The van der Waals surface area contributed by atoms with Gasteiger partial charge in [-0.05, 0) is 35.7 Å². The Balaban J connectivity index is 1.42. The molecule has 154 valence electrons. The van der Waals surface area contributed by atoms with Gasteiger partial charge in [-0.2, -0.15) is 0 Å². The van der Waals surface area contributed by atoms with E-state index in [1.807, 2.05) is 36.1 Å². The highest BCUT2D eigenvalue weighted by atomic mass is 35.5. The molecule has 1 amide bonds. The van der Waals surface area contributed by atoms with Crippen LogP contribution in [-0.4, -0.2) is 52.7 Å². The topological polar surface area (TPSA) is 39.2 Å². The molecule has 0 saturated heterocycles. The summed E-state index contributed by atoms with van der Waals surface area (Å²) >= 11 is 6.13. The van der Waals surface area contributed by atoms with Gasteiger partial charge < -0.3 is 4.90 Å². The third-order valence-electron chi connectivity index (χ3n) is 6.17. The number of carbonyl (C=O) groups excluding carboxylic acids is 1. The zero-order valence-electron chi connectivity index (χ0n) is 17.1. The Morgan fingerprint density at radius 1 is 1.07 bits per heavy atom. The zero-order chi connectivity index (χ0) is 20.7. The number of guanidine groups is 1. The van der Waals surface area contributed by atoms with Crippen LogP contribution in [0.3, 0.4) is 0 Å². The summed E-state index contributed by atoms with van der Waals surface area (Å²) in [4.78, 5) is 24.8. The molecule has 0 fully saturated rings. The van der Waals surface area contributed by atoms with Crippen molar-refractivity contribution in [1.82, 2.24) is 14.7 Å². The fraction of sp³-hybridized carbons (Fsp3) is 0.333. The van der Waals surface area contributed by atoms with Crippen molar-refractivity contribution in [1.29, 1.82) is 0 Å². The Kier molecular flexibility index (Phi) is 5.09. The van der Waals surface area contributed by atoms with Gasteiger partial charge in [0.1, 0.15) is 0 Å². The van der Waals surface area contributed by atoms with Crippen LogP contribution in [0.1, 0.15) is 23.1 Å². The van der Waals surface area contributed by atoms with Gasteiger partial charge in [-0.15, -0.1) is 0 Å².